The van der Waals surface area contributed by atoms with Crippen molar-refractivity contribution in [3.05, 3.63) is 11.9 Å². The van der Waals surface area contributed by atoms with Crippen molar-refractivity contribution in [2.75, 3.05) is 6.61 Å². The van der Waals surface area contributed by atoms with Crippen LogP contribution in [0.2, 0.25) is 0 Å². The number of rotatable bonds is 8. The van der Waals surface area contributed by atoms with Crippen LogP contribution in [-0.4, -0.2) is 54.8 Å². The van der Waals surface area contributed by atoms with Crippen LogP contribution in [0.15, 0.2) is 11.9 Å². The third-order valence-corrected chi connectivity index (χ3v) is 4.35. The highest BCUT2D eigenvalue weighted by Crippen LogP contribution is 2.34. The van der Waals surface area contributed by atoms with Crippen LogP contribution in [0.5, 0.6) is 0 Å². The molecule has 8 nitrogen and oxygen atoms in total. The van der Waals surface area contributed by atoms with E-state index >= 15 is 0 Å². The Morgan fingerprint density at radius 3 is 2.46 bits per heavy atom. The molecule has 2 aliphatic rings. The number of carbonyl (C=O) groups is 4. The molecule has 0 radical (unpaired) electrons. The van der Waals surface area contributed by atoms with Gasteiger partial charge in [-0.1, -0.05) is 13.8 Å². The van der Waals surface area contributed by atoms with Crippen LogP contribution in [0.4, 0.5) is 8.78 Å². The molecule has 1 saturated heterocycles. The molecule has 0 aromatic rings. The predicted molar refractivity (Wildman–Crippen MR) is 90.0 cm³/mol. The van der Waals surface area contributed by atoms with E-state index in [1.807, 2.05) is 0 Å². The number of alkyl halides is 1. The Morgan fingerprint density at radius 2 is 1.82 bits per heavy atom. The lowest BCUT2D eigenvalue weighted by Gasteiger charge is -2.23. The number of hydrogen-bond acceptors (Lipinski definition) is 7. The van der Waals surface area contributed by atoms with E-state index in [0.29, 0.717) is 18.9 Å². The molecule has 1 fully saturated rings. The average molecular weight is 403 g/mol. The Hall–Kier alpha value is -2.36. The summed E-state index contributed by atoms with van der Waals surface area (Å²) in [4.78, 5) is 46.6. The van der Waals surface area contributed by atoms with E-state index in [0.717, 1.165) is 0 Å². The van der Waals surface area contributed by atoms with Crippen LogP contribution in [0.1, 0.15) is 39.5 Å². The first-order valence-corrected chi connectivity index (χ1v) is 9.15. The SMILES string of the molecule is CCCC(=O)OC[C@H]1O[C@@H](C2C=C(F)C(=O)NC2=O)[C@H](F)[C@H]1OC(=O)CCC. The maximum atomic E-state index is 15.0. The lowest BCUT2D eigenvalue weighted by molar-refractivity contribution is -0.159. The molecule has 156 valence electrons. The Bertz CT molecular complexity index is 666. The first-order chi connectivity index (χ1) is 13.3. The first kappa shape index (κ1) is 21.9. The molecule has 5 atom stereocenters. The lowest BCUT2D eigenvalue weighted by Crippen LogP contribution is -2.46. The second-order valence-electron chi connectivity index (χ2n) is 6.58. The summed E-state index contributed by atoms with van der Waals surface area (Å²) in [5.74, 6) is -6.02. The van der Waals surface area contributed by atoms with Gasteiger partial charge in [-0.15, -0.1) is 0 Å². The third-order valence-electron chi connectivity index (χ3n) is 4.35. The van der Waals surface area contributed by atoms with E-state index in [4.69, 9.17) is 14.2 Å². The predicted octanol–water partition coefficient (Wildman–Crippen LogP) is 1.27. The molecule has 0 aromatic heterocycles. The van der Waals surface area contributed by atoms with Gasteiger partial charge in [0, 0.05) is 12.8 Å². The van der Waals surface area contributed by atoms with E-state index in [-0.39, 0.29) is 19.4 Å². The summed E-state index contributed by atoms with van der Waals surface area (Å²) in [6, 6.07) is 0. The van der Waals surface area contributed by atoms with Gasteiger partial charge in [0.15, 0.2) is 18.1 Å². The molecule has 2 amide bonds. The Kier molecular flexibility index (Phi) is 7.61. The maximum Gasteiger partial charge on any atom is 0.306 e. The van der Waals surface area contributed by atoms with E-state index in [2.05, 4.69) is 0 Å². The van der Waals surface area contributed by atoms with Gasteiger partial charge in [-0.25, -0.2) is 8.78 Å². The summed E-state index contributed by atoms with van der Waals surface area (Å²) in [6.45, 7) is 3.13. The van der Waals surface area contributed by atoms with Gasteiger partial charge in [0.05, 0.1) is 5.92 Å². The van der Waals surface area contributed by atoms with E-state index in [9.17, 15) is 28.0 Å². The van der Waals surface area contributed by atoms with Crippen LogP contribution in [0, 0.1) is 5.92 Å². The van der Waals surface area contributed by atoms with Gasteiger partial charge in [-0.05, 0) is 18.9 Å². The van der Waals surface area contributed by atoms with Crippen molar-refractivity contribution in [1.29, 1.82) is 0 Å². The van der Waals surface area contributed by atoms with Crippen molar-refractivity contribution in [1.82, 2.24) is 5.32 Å². The van der Waals surface area contributed by atoms with Crippen molar-refractivity contribution >= 4 is 23.8 Å². The number of esters is 2. The zero-order chi connectivity index (χ0) is 20.8. The Balaban J connectivity index is 2.17. The molecule has 10 heteroatoms. The fourth-order valence-electron chi connectivity index (χ4n) is 2.98. The Morgan fingerprint density at radius 1 is 1.18 bits per heavy atom. The summed E-state index contributed by atoms with van der Waals surface area (Å²) in [5.41, 5.74) is 0. The molecule has 28 heavy (non-hydrogen) atoms. The van der Waals surface area contributed by atoms with Crippen LogP contribution >= 0.6 is 0 Å². The molecule has 0 aromatic carbocycles. The number of nitrogens with one attached hydrogen (secondary N) is 1. The van der Waals surface area contributed by atoms with Crippen LogP contribution < -0.4 is 5.32 Å². The molecule has 2 heterocycles. The number of hydrogen-bond donors (Lipinski definition) is 1. The average Bonchev–Trinajstić information content (AvgIpc) is 2.93. The second-order valence-corrected chi connectivity index (χ2v) is 6.58. The molecule has 0 aliphatic carbocycles. The van der Waals surface area contributed by atoms with Crippen molar-refractivity contribution in [2.24, 2.45) is 5.92 Å². The standard InChI is InChI=1S/C18H23F2NO7/c1-3-5-12(22)26-8-11-16(28-13(23)6-4-2)14(20)15(27-11)9-7-10(19)18(25)21-17(9)24/h7,9,11,14-16H,3-6,8H2,1-2H3,(H,21,24,25)/t9?,11-,14+,15+,16+/m1/s1. The summed E-state index contributed by atoms with van der Waals surface area (Å²) >= 11 is 0. The quantitative estimate of drug-likeness (QED) is 0.480. The normalized spacial score (nSPS) is 29.9. The van der Waals surface area contributed by atoms with Crippen LogP contribution in [0.25, 0.3) is 0 Å². The van der Waals surface area contributed by atoms with Crippen molar-refractivity contribution in [3.8, 4) is 0 Å². The van der Waals surface area contributed by atoms with Gasteiger partial charge in [0.1, 0.15) is 18.8 Å². The van der Waals surface area contributed by atoms with Crippen molar-refractivity contribution in [2.45, 2.75) is 64.0 Å². The molecule has 1 N–H and O–H groups in total. The minimum atomic E-state index is -1.98. The van der Waals surface area contributed by atoms with Crippen molar-refractivity contribution in [3.63, 3.8) is 0 Å². The maximum absolute atomic E-state index is 15.0. The van der Waals surface area contributed by atoms with Gasteiger partial charge < -0.3 is 14.2 Å². The van der Waals surface area contributed by atoms with Crippen molar-refractivity contribution < 1.29 is 42.2 Å². The fraction of sp³-hybridized carbons (Fsp3) is 0.667. The summed E-state index contributed by atoms with van der Waals surface area (Å²) in [6.07, 6.45) is -4.19. The molecule has 2 aliphatic heterocycles. The van der Waals surface area contributed by atoms with Crippen LogP contribution in [-0.2, 0) is 33.4 Å². The molecule has 1 unspecified atom stereocenters. The number of carbonyl (C=O) groups excluding carboxylic acids is 4. The van der Waals surface area contributed by atoms with Gasteiger partial charge in [-0.3, -0.25) is 24.5 Å². The highest BCUT2D eigenvalue weighted by atomic mass is 19.1. The highest BCUT2D eigenvalue weighted by molar-refractivity contribution is 6.07. The molecule has 0 saturated carbocycles. The molecule has 0 spiro atoms. The largest absolute Gasteiger partial charge is 0.463 e. The summed E-state index contributed by atoms with van der Waals surface area (Å²) in [5, 5.41) is 1.77. The molecular weight excluding hydrogens is 380 g/mol. The van der Waals surface area contributed by atoms with Gasteiger partial charge in [0.2, 0.25) is 5.91 Å². The Labute approximate surface area is 160 Å². The highest BCUT2D eigenvalue weighted by Gasteiger charge is 2.53. The number of imide groups is 1. The fourth-order valence-corrected chi connectivity index (χ4v) is 2.98. The van der Waals surface area contributed by atoms with E-state index < -0.39 is 60.0 Å². The summed E-state index contributed by atoms with van der Waals surface area (Å²) in [7, 11) is 0. The smallest absolute Gasteiger partial charge is 0.306 e. The minimum Gasteiger partial charge on any atom is -0.463 e. The number of amides is 2. The van der Waals surface area contributed by atoms with Crippen LogP contribution in [0.3, 0.4) is 0 Å². The monoisotopic (exact) mass is 403 g/mol. The lowest BCUT2D eigenvalue weighted by atomic mass is 9.93. The second kappa shape index (κ2) is 9.72. The van der Waals surface area contributed by atoms with Gasteiger partial charge >= 0.3 is 11.9 Å². The van der Waals surface area contributed by atoms with Gasteiger partial charge in [-0.2, -0.15) is 0 Å². The molecular formula is C18H23F2NO7. The third kappa shape index (κ3) is 5.12. The number of halogens is 2. The zero-order valence-corrected chi connectivity index (χ0v) is 15.6. The number of ether oxygens (including phenoxy) is 3. The topological polar surface area (TPSA) is 108 Å². The molecule has 0 bridgehead atoms. The van der Waals surface area contributed by atoms with E-state index in [1.54, 1.807) is 19.2 Å². The first-order valence-electron chi connectivity index (χ1n) is 9.15. The van der Waals surface area contributed by atoms with Gasteiger partial charge in [0.25, 0.3) is 5.91 Å². The molecule has 2 rings (SSSR count). The van der Waals surface area contributed by atoms with E-state index in [1.165, 1.54) is 0 Å². The zero-order valence-electron chi connectivity index (χ0n) is 15.6. The minimum absolute atomic E-state index is 0.0448. The summed E-state index contributed by atoms with van der Waals surface area (Å²) < 4.78 is 44.2.